The van der Waals surface area contributed by atoms with Crippen LogP contribution in [0.25, 0.3) is 0 Å². The van der Waals surface area contributed by atoms with Gasteiger partial charge in [-0.2, -0.15) is 0 Å². The minimum absolute atomic E-state index is 0.0594. The SMILES string of the molecule is C[C@@H](c1ccccc1)N1C[C@H](C(=O)NNC(=O)c2ccccc2)CC1=O. The molecule has 0 bridgehead atoms. The zero-order chi connectivity index (χ0) is 18.5. The molecule has 2 aromatic carbocycles. The fraction of sp³-hybridized carbons (Fsp3) is 0.250. The van der Waals surface area contributed by atoms with Gasteiger partial charge < -0.3 is 4.90 Å². The minimum Gasteiger partial charge on any atom is -0.335 e. The molecular weight excluding hydrogens is 330 g/mol. The highest BCUT2D eigenvalue weighted by atomic mass is 16.2. The van der Waals surface area contributed by atoms with Gasteiger partial charge in [0.25, 0.3) is 5.91 Å². The first-order chi connectivity index (χ1) is 12.6. The minimum atomic E-state index is -0.482. The van der Waals surface area contributed by atoms with Crippen molar-refractivity contribution in [3.05, 3.63) is 71.8 Å². The molecule has 2 N–H and O–H groups in total. The number of rotatable bonds is 4. The molecule has 0 radical (unpaired) electrons. The first-order valence-electron chi connectivity index (χ1n) is 8.56. The number of nitrogens with one attached hydrogen (secondary N) is 2. The Bertz CT molecular complexity index is 792. The molecule has 2 atom stereocenters. The lowest BCUT2D eigenvalue weighted by Gasteiger charge is -2.25. The highest BCUT2D eigenvalue weighted by molar-refractivity contribution is 5.96. The second kappa shape index (κ2) is 7.82. The van der Waals surface area contributed by atoms with Gasteiger partial charge in [0.1, 0.15) is 0 Å². The van der Waals surface area contributed by atoms with Crippen molar-refractivity contribution in [3.8, 4) is 0 Å². The van der Waals surface area contributed by atoms with Crippen LogP contribution in [0.3, 0.4) is 0 Å². The van der Waals surface area contributed by atoms with E-state index in [2.05, 4.69) is 10.9 Å². The van der Waals surface area contributed by atoms with Crippen molar-refractivity contribution in [1.29, 1.82) is 0 Å². The Hall–Kier alpha value is -3.15. The Balaban J connectivity index is 1.56. The maximum absolute atomic E-state index is 12.3. The molecule has 6 heteroatoms. The Morgan fingerprint density at radius 1 is 1.00 bits per heavy atom. The van der Waals surface area contributed by atoms with Gasteiger partial charge in [-0.15, -0.1) is 0 Å². The number of hydrazine groups is 1. The third-order valence-electron chi connectivity index (χ3n) is 4.61. The maximum atomic E-state index is 12.3. The van der Waals surface area contributed by atoms with Crippen LogP contribution >= 0.6 is 0 Å². The number of benzene rings is 2. The Morgan fingerprint density at radius 3 is 2.27 bits per heavy atom. The van der Waals surface area contributed by atoms with Crippen molar-refractivity contribution < 1.29 is 14.4 Å². The van der Waals surface area contributed by atoms with Gasteiger partial charge in [-0.1, -0.05) is 48.5 Å². The molecular formula is C20H21N3O3. The lowest BCUT2D eigenvalue weighted by Crippen LogP contribution is -2.45. The number of nitrogens with zero attached hydrogens (tertiary/aromatic N) is 1. The molecule has 0 aliphatic carbocycles. The molecule has 3 rings (SSSR count). The summed E-state index contributed by atoms with van der Waals surface area (Å²) in [7, 11) is 0. The van der Waals surface area contributed by atoms with Crippen molar-refractivity contribution >= 4 is 17.7 Å². The van der Waals surface area contributed by atoms with Gasteiger partial charge in [-0.3, -0.25) is 25.2 Å². The third-order valence-corrected chi connectivity index (χ3v) is 4.61. The molecule has 26 heavy (non-hydrogen) atoms. The molecule has 2 aromatic rings. The molecule has 0 spiro atoms. The van der Waals surface area contributed by atoms with Gasteiger partial charge in [0.05, 0.1) is 12.0 Å². The Labute approximate surface area is 152 Å². The van der Waals surface area contributed by atoms with Gasteiger partial charge in [0.15, 0.2) is 0 Å². The molecule has 1 fully saturated rings. The molecule has 0 saturated carbocycles. The first-order valence-corrected chi connectivity index (χ1v) is 8.56. The largest absolute Gasteiger partial charge is 0.335 e. The van der Waals surface area contributed by atoms with Crippen LogP contribution in [0.15, 0.2) is 60.7 Å². The van der Waals surface area contributed by atoms with E-state index in [1.807, 2.05) is 43.3 Å². The molecule has 1 heterocycles. The van der Waals surface area contributed by atoms with E-state index < -0.39 is 11.8 Å². The van der Waals surface area contributed by atoms with E-state index in [9.17, 15) is 14.4 Å². The van der Waals surface area contributed by atoms with Crippen molar-refractivity contribution in [3.63, 3.8) is 0 Å². The molecule has 3 amide bonds. The Morgan fingerprint density at radius 2 is 1.62 bits per heavy atom. The van der Waals surface area contributed by atoms with Gasteiger partial charge in [0.2, 0.25) is 11.8 Å². The fourth-order valence-corrected chi connectivity index (χ4v) is 3.08. The highest BCUT2D eigenvalue weighted by Crippen LogP contribution is 2.28. The normalized spacial score (nSPS) is 17.7. The van der Waals surface area contributed by atoms with Crippen molar-refractivity contribution in [2.75, 3.05) is 6.54 Å². The van der Waals surface area contributed by atoms with E-state index in [0.29, 0.717) is 12.1 Å². The molecule has 1 aliphatic rings. The summed E-state index contributed by atoms with van der Waals surface area (Å²) in [6.45, 7) is 2.28. The summed E-state index contributed by atoms with van der Waals surface area (Å²) in [6, 6.07) is 18.2. The first kappa shape index (κ1) is 17.7. The average molecular weight is 351 g/mol. The van der Waals surface area contributed by atoms with Crippen LogP contribution in [0.1, 0.15) is 35.3 Å². The number of carbonyl (C=O) groups excluding carboxylic acids is 3. The van der Waals surface area contributed by atoms with E-state index in [1.165, 1.54) is 0 Å². The summed E-state index contributed by atoms with van der Waals surface area (Å²) in [6.07, 6.45) is 0.143. The predicted molar refractivity (Wildman–Crippen MR) is 96.7 cm³/mol. The maximum Gasteiger partial charge on any atom is 0.269 e. The zero-order valence-electron chi connectivity index (χ0n) is 14.5. The average Bonchev–Trinajstić information content (AvgIpc) is 3.08. The summed E-state index contributed by atoms with van der Waals surface area (Å²) in [5.74, 6) is -1.29. The number of hydrogen-bond acceptors (Lipinski definition) is 3. The fourth-order valence-electron chi connectivity index (χ4n) is 3.08. The smallest absolute Gasteiger partial charge is 0.269 e. The van der Waals surface area contributed by atoms with Crippen LogP contribution in [0, 0.1) is 5.92 Å². The number of carbonyl (C=O) groups is 3. The van der Waals surface area contributed by atoms with Gasteiger partial charge in [-0.25, -0.2) is 0 Å². The molecule has 0 unspecified atom stereocenters. The van der Waals surface area contributed by atoms with E-state index in [1.54, 1.807) is 29.2 Å². The van der Waals surface area contributed by atoms with Crippen LogP contribution in [0.2, 0.25) is 0 Å². The van der Waals surface area contributed by atoms with E-state index in [0.717, 1.165) is 5.56 Å². The van der Waals surface area contributed by atoms with Crippen molar-refractivity contribution in [1.82, 2.24) is 15.8 Å². The molecule has 0 aromatic heterocycles. The van der Waals surface area contributed by atoms with Crippen LogP contribution in [-0.2, 0) is 9.59 Å². The molecule has 1 aliphatic heterocycles. The lowest BCUT2D eigenvalue weighted by molar-refractivity contribution is -0.130. The van der Waals surface area contributed by atoms with E-state index in [-0.39, 0.29) is 24.3 Å². The Kier molecular flexibility index (Phi) is 5.31. The molecule has 1 saturated heterocycles. The van der Waals surface area contributed by atoms with E-state index in [4.69, 9.17) is 0 Å². The van der Waals surface area contributed by atoms with Crippen LogP contribution < -0.4 is 10.9 Å². The van der Waals surface area contributed by atoms with Gasteiger partial charge in [0, 0.05) is 18.5 Å². The topological polar surface area (TPSA) is 78.5 Å². The predicted octanol–water partition coefficient (Wildman–Crippen LogP) is 2.06. The summed E-state index contributed by atoms with van der Waals surface area (Å²) < 4.78 is 0. The van der Waals surface area contributed by atoms with Crippen LogP contribution in [0.5, 0.6) is 0 Å². The number of likely N-dealkylation sites (tertiary alicyclic amines) is 1. The summed E-state index contributed by atoms with van der Waals surface area (Å²) in [5.41, 5.74) is 6.30. The zero-order valence-corrected chi connectivity index (χ0v) is 14.5. The lowest BCUT2D eigenvalue weighted by atomic mass is 10.1. The second-order valence-electron chi connectivity index (χ2n) is 6.34. The van der Waals surface area contributed by atoms with Crippen molar-refractivity contribution in [2.45, 2.75) is 19.4 Å². The van der Waals surface area contributed by atoms with Gasteiger partial charge in [-0.05, 0) is 24.6 Å². The van der Waals surface area contributed by atoms with Crippen LogP contribution in [-0.4, -0.2) is 29.2 Å². The van der Waals surface area contributed by atoms with Crippen LogP contribution in [0.4, 0.5) is 0 Å². The van der Waals surface area contributed by atoms with E-state index >= 15 is 0 Å². The summed E-state index contributed by atoms with van der Waals surface area (Å²) >= 11 is 0. The summed E-state index contributed by atoms with van der Waals surface area (Å²) in [5, 5.41) is 0. The monoisotopic (exact) mass is 351 g/mol. The highest BCUT2D eigenvalue weighted by Gasteiger charge is 2.37. The van der Waals surface area contributed by atoms with Gasteiger partial charge >= 0.3 is 0 Å². The number of hydrogen-bond donors (Lipinski definition) is 2. The second-order valence-corrected chi connectivity index (χ2v) is 6.34. The number of amides is 3. The standard InChI is InChI=1S/C20H21N3O3/c1-14(15-8-4-2-5-9-15)23-13-17(12-18(23)24)20(26)22-21-19(25)16-10-6-3-7-11-16/h2-11,14,17H,12-13H2,1H3,(H,21,25)(H,22,26)/t14-,17+/m0/s1. The summed E-state index contributed by atoms with van der Waals surface area (Å²) in [4.78, 5) is 38.3. The molecule has 134 valence electrons. The quantitative estimate of drug-likeness (QED) is 0.828. The molecule has 6 nitrogen and oxygen atoms in total. The third kappa shape index (κ3) is 3.91. The van der Waals surface area contributed by atoms with Crippen molar-refractivity contribution in [2.24, 2.45) is 5.92 Å².